The van der Waals surface area contributed by atoms with Crippen LogP contribution in [0.3, 0.4) is 0 Å². The lowest BCUT2D eigenvalue weighted by Gasteiger charge is -2.15. The summed E-state index contributed by atoms with van der Waals surface area (Å²) in [6.45, 7) is 2.89. The van der Waals surface area contributed by atoms with Crippen LogP contribution in [0.1, 0.15) is 12.0 Å². The summed E-state index contributed by atoms with van der Waals surface area (Å²) in [5.41, 5.74) is 1.36. The minimum atomic E-state index is 0.322. The van der Waals surface area contributed by atoms with Crippen molar-refractivity contribution < 1.29 is 14.6 Å². The number of benzene rings is 2. The summed E-state index contributed by atoms with van der Waals surface area (Å²) in [6.07, 6.45) is 2.34. The van der Waals surface area contributed by atoms with Gasteiger partial charge in [0.15, 0.2) is 0 Å². The maximum Gasteiger partial charge on any atom is 0.122 e. The number of fused-ring (bicyclic) bond motifs is 1. The first kappa shape index (κ1) is 14.8. The first-order valence-corrected chi connectivity index (χ1v) is 6.10. The number of aryl methyl sites for hydroxylation is 1. The standard InChI is InChI=1S/C9H10O.C6H6O.CH2O/c1-2-6-9-8(4-1)5-3-7-10-9;7-6-4-2-1-3-5-6;1-2/h1-2,4,6H,3,5,7H2;1-5,7H;1H2. The van der Waals surface area contributed by atoms with Gasteiger partial charge in [-0.2, -0.15) is 0 Å². The molecule has 3 rings (SSSR count). The number of hydrogen-bond donors (Lipinski definition) is 1. The summed E-state index contributed by atoms with van der Waals surface area (Å²) in [4.78, 5) is 8.00. The van der Waals surface area contributed by atoms with Crippen LogP contribution < -0.4 is 4.74 Å². The van der Waals surface area contributed by atoms with Crippen molar-refractivity contribution in [2.75, 3.05) is 6.61 Å². The smallest absolute Gasteiger partial charge is 0.122 e. The molecule has 3 heteroatoms. The summed E-state index contributed by atoms with van der Waals surface area (Å²) in [7, 11) is 0. The molecule has 0 spiro atoms. The molecule has 0 atom stereocenters. The topological polar surface area (TPSA) is 46.5 Å². The van der Waals surface area contributed by atoms with Gasteiger partial charge in [0.2, 0.25) is 0 Å². The molecular weight excluding hydrogens is 240 g/mol. The normalized spacial score (nSPS) is 11.6. The number of hydrogen-bond acceptors (Lipinski definition) is 3. The minimum Gasteiger partial charge on any atom is -0.508 e. The first-order chi connectivity index (χ1) is 9.36. The fourth-order valence-electron chi connectivity index (χ4n) is 1.72. The monoisotopic (exact) mass is 258 g/mol. The number of aromatic hydroxyl groups is 1. The molecule has 19 heavy (non-hydrogen) atoms. The van der Waals surface area contributed by atoms with Crippen molar-refractivity contribution >= 4 is 6.79 Å². The Morgan fingerprint density at radius 2 is 1.58 bits per heavy atom. The van der Waals surface area contributed by atoms with Crippen LogP contribution in [0.25, 0.3) is 0 Å². The van der Waals surface area contributed by atoms with Gasteiger partial charge in [0.25, 0.3) is 0 Å². The van der Waals surface area contributed by atoms with Gasteiger partial charge in [-0.3, -0.25) is 0 Å². The second-order valence-electron chi connectivity index (χ2n) is 3.90. The molecule has 2 aromatic rings. The van der Waals surface area contributed by atoms with Gasteiger partial charge in [-0.1, -0.05) is 36.4 Å². The third-order valence-electron chi connectivity index (χ3n) is 2.58. The SMILES string of the molecule is C=O.Oc1ccccc1.c1ccc2c(c1)CCCO2. The predicted octanol–water partition coefficient (Wildman–Crippen LogP) is 3.22. The van der Waals surface area contributed by atoms with Gasteiger partial charge in [-0.15, -0.1) is 0 Å². The zero-order valence-electron chi connectivity index (χ0n) is 10.8. The van der Waals surface area contributed by atoms with Gasteiger partial charge in [-0.25, -0.2) is 0 Å². The zero-order chi connectivity index (χ0) is 13.9. The molecule has 0 bridgehead atoms. The highest BCUT2D eigenvalue weighted by Gasteiger charge is 2.06. The molecule has 3 nitrogen and oxygen atoms in total. The van der Waals surface area contributed by atoms with E-state index in [4.69, 9.17) is 14.6 Å². The number of carbonyl (C=O) groups excluding carboxylic acids is 1. The van der Waals surface area contributed by atoms with Crippen molar-refractivity contribution in [2.24, 2.45) is 0 Å². The minimum absolute atomic E-state index is 0.322. The summed E-state index contributed by atoms with van der Waals surface area (Å²) in [5, 5.41) is 8.63. The van der Waals surface area contributed by atoms with E-state index in [0.717, 1.165) is 18.8 Å². The van der Waals surface area contributed by atoms with E-state index < -0.39 is 0 Å². The Hall–Kier alpha value is -2.29. The van der Waals surface area contributed by atoms with Crippen LogP contribution in [0.2, 0.25) is 0 Å². The molecule has 100 valence electrons. The molecule has 1 aliphatic heterocycles. The Balaban J connectivity index is 0.000000177. The van der Waals surface area contributed by atoms with Crippen LogP contribution in [0.4, 0.5) is 0 Å². The summed E-state index contributed by atoms with van der Waals surface area (Å²) in [5.74, 6) is 1.40. The van der Waals surface area contributed by atoms with E-state index in [1.807, 2.05) is 25.0 Å². The molecule has 0 amide bonds. The van der Waals surface area contributed by atoms with Gasteiger partial charge in [0.1, 0.15) is 18.3 Å². The molecule has 0 saturated heterocycles. The molecule has 0 radical (unpaired) electrons. The highest BCUT2D eigenvalue weighted by Crippen LogP contribution is 2.23. The van der Waals surface area contributed by atoms with Crippen molar-refractivity contribution in [3.8, 4) is 11.5 Å². The Labute approximate surface area is 113 Å². The molecular formula is C16H18O3. The van der Waals surface area contributed by atoms with Crippen LogP contribution in [0.15, 0.2) is 54.6 Å². The molecule has 0 unspecified atom stereocenters. The van der Waals surface area contributed by atoms with Gasteiger partial charge in [0.05, 0.1) is 6.61 Å². The maximum absolute atomic E-state index is 8.63. The Kier molecular flexibility index (Phi) is 6.80. The Bertz CT molecular complexity index is 443. The van der Waals surface area contributed by atoms with E-state index in [2.05, 4.69) is 12.1 Å². The summed E-state index contributed by atoms with van der Waals surface area (Å²) >= 11 is 0. The van der Waals surface area contributed by atoms with Crippen molar-refractivity contribution in [3.05, 3.63) is 60.2 Å². The van der Waals surface area contributed by atoms with E-state index in [0.29, 0.717) is 5.75 Å². The number of para-hydroxylation sites is 2. The largest absolute Gasteiger partial charge is 0.508 e. The van der Waals surface area contributed by atoms with Crippen molar-refractivity contribution in [1.29, 1.82) is 0 Å². The fourth-order valence-corrected chi connectivity index (χ4v) is 1.72. The molecule has 0 aliphatic carbocycles. The number of ether oxygens (including phenoxy) is 1. The second-order valence-corrected chi connectivity index (χ2v) is 3.90. The number of rotatable bonds is 0. The lowest BCUT2D eigenvalue weighted by Crippen LogP contribution is -2.07. The molecule has 0 aromatic heterocycles. The van der Waals surface area contributed by atoms with E-state index in [1.54, 1.807) is 24.3 Å². The molecule has 2 aromatic carbocycles. The average molecular weight is 258 g/mol. The van der Waals surface area contributed by atoms with Crippen molar-refractivity contribution in [2.45, 2.75) is 12.8 Å². The quantitative estimate of drug-likeness (QED) is 0.789. The third-order valence-corrected chi connectivity index (χ3v) is 2.58. The van der Waals surface area contributed by atoms with Crippen LogP contribution in [-0.4, -0.2) is 18.5 Å². The molecule has 1 heterocycles. The highest BCUT2D eigenvalue weighted by molar-refractivity contribution is 5.34. The van der Waals surface area contributed by atoms with Crippen LogP contribution >= 0.6 is 0 Å². The van der Waals surface area contributed by atoms with E-state index >= 15 is 0 Å². The Morgan fingerprint density at radius 3 is 2.16 bits per heavy atom. The Morgan fingerprint density at radius 1 is 0.947 bits per heavy atom. The average Bonchev–Trinajstić information content (AvgIpc) is 2.51. The van der Waals surface area contributed by atoms with Gasteiger partial charge in [0, 0.05) is 0 Å². The van der Waals surface area contributed by atoms with Gasteiger partial charge < -0.3 is 14.6 Å². The summed E-state index contributed by atoms with van der Waals surface area (Å²) < 4.78 is 5.42. The van der Waals surface area contributed by atoms with E-state index in [-0.39, 0.29) is 0 Å². The lowest BCUT2D eigenvalue weighted by molar-refractivity contribution is -0.0979. The van der Waals surface area contributed by atoms with Gasteiger partial charge in [-0.05, 0) is 36.6 Å². The van der Waals surface area contributed by atoms with Crippen LogP contribution in [-0.2, 0) is 11.2 Å². The molecule has 0 fully saturated rings. The van der Waals surface area contributed by atoms with E-state index in [9.17, 15) is 0 Å². The lowest BCUT2D eigenvalue weighted by atomic mass is 10.1. The third kappa shape index (κ3) is 5.25. The predicted molar refractivity (Wildman–Crippen MR) is 75.5 cm³/mol. The van der Waals surface area contributed by atoms with Crippen LogP contribution in [0.5, 0.6) is 11.5 Å². The van der Waals surface area contributed by atoms with Crippen LogP contribution in [0, 0.1) is 0 Å². The van der Waals surface area contributed by atoms with E-state index in [1.165, 1.54) is 12.0 Å². The fraction of sp³-hybridized carbons (Fsp3) is 0.188. The summed E-state index contributed by atoms with van der Waals surface area (Å²) in [6, 6.07) is 17.0. The van der Waals surface area contributed by atoms with Crippen molar-refractivity contribution in [1.82, 2.24) is 0 Å². The highest BCUT2D eigenvalue weighted by atomic mass is 16.5. The molecule has 0 saturated carbocycles. The molecule has 1 aliphatic rings. The number of phenolic OH excluding ortho intramolecular Hbond substituents is 1. The first-order valence-electron chi connectivity index (χ1n) is 6.10. The zero-order valence-corrected chi connectivity index (χ0v) is 10.8. The maximum atomic E-state index is 8.63. The second kappa shape index (κ2) is 8.75. The van der Waals surface area contributed by atoms with Crippen molar-refractivity contribution in [3.63, 3.8) is 0 Å². The number of carbonyl (C=O) groups is 1. The number of phenols is 1. The molecule has 1 N–H and O–H groups in total. The van der Waals surface area contributed by atoms with Gasteiger partial charge >= 0.3 is 0 Å².